The Hall–Kier alpha value is -0.200. The average molecular weight is 245 g/mol. The summed E-state index contributed by atoms with van der Waals surface area (Å²) < 4.78 is 22.5. The lowest BCUT2D eigenvalue weighted by molar-refractivity contribution is -0.252. The fourth-order valence-corrected chi connectivity index (χ4v) is 2.39. The number of rotatable bonds is 3. The van der Waals surface area contributed by atoms with E-state index in [0.717, 1.165) is 19.4 Å². The van der Waals surface area contributed by atoms with Gasteiger partial charge in [0.2, 0.25) is 0 Å². The zero-order valence-corrected chi connectivity index (χ0v) is 10.8. The smallest absolute Gasteiger partial charge is 0.197 e. The van der Waals surface area contributed by atoms with Gasteiger partial charge in [0.25, 0.3) is 0 Å². The summed E-state index contributed by atoms with van der Waals surface area (Å²) in [7, 11) is 1.64. The molecule has 0 aromatic carbocycles. The van der Waals surface area contributed by atoms with Crippen LogP contribution in [-0.2, 0) is 18.9 Å². The van der Waals surface area contributed by atoms with Gasteiger partial charge < -0.3 is 18.9 Å². The Balaban J connectivity index is 1.86. The minimum atomic E-state index is -0.324. The molecule has 2 aliphatic rings. The van der Waals surface area contributed by atoms with Gasteiger partial charge in [-0.2, -0.15) is 0 Å². The van der Waals surface area contributed by atoms with Crippen LogP contribution in [0.1, 0.15) is 26.7 Å². The summed E-state index contributed by atoms with van der Waals surface area (Å²) in [4.78, 5) is 0. The molecule has 2 aliphatic heterocycles. The predicted octanol–water partition coefficient (Wildman–Crippen LogP) is 0.877. The largest absolute Gasteiger partial charge is 0.373 e. The van der Waals surface area contributed by atoms with Crippen molar-refractivity contribution in [1.29, 1.82) is 0 Å². The van der Waals surface area contributed by atoms with Gasteiger partial charge in [-0.1, -0.05) is 0 Å². The van der Waals surface area contributed by atoms with Crippen LogP contribution >= 0.6 is 0 Å². The molecular formula is C12H23NO4. The van der Waals surface area contributed by atoms with Crippen LogP contribution in [0.2, 0.25) is 0 Å². The number of hydrogen-bond donors (Lipinski definition) is 1. The average Bonchev–Trinajstić information content (AvgIpc) is 2.33. The lowest BCUT2D eigenvalue weighted by Gasteiger charge is -2.38. The van der Waals surface area contributed by atoms with E-state index in [9.17, 15) is 0 Å². The molecule has 5 atom stereocenters. The minimum Gasteiger partial charge on any atom is -0.373 e. The van der Waals surface area contributed by atoms with Crippen molar-refractivity contribution in [2.45, 2.75) is 57.5 Å². The molecule has 1 N–H and O–H groups in total. The molecule has 1 unspecified atom stereocenters. The summed E-state index contributed by atoms with van der Waals surface area (Å²) in [6.45, 7) is 5.62. The van der Waals surface area contributed by atoms with Crippen LogP contribution in [0.15, 0.2) is 0 Å². The van der Waals surface area contributed by atoms with Gasteiger partial charge in [0.05, 0.1) is 24.9 Å². The molecule has 0 amide bonds. The molecule has 0 bridgehead atoms. The van der Waals surface area contributed by atoms with Gasteiger partial charge in [-0.15, -0.1) is 0 Å². The maximum absolute atomic E-state index is 6.01. The van der Waals surface area contributed by atoms with Crippen molar-refractivity contribution in [3.05, 3.63) is 0 Å². The van der Waals surface area contributed by atoms with Gasteiger partial charge in [-0.3, -0.25) is 5.32 Å². The number of ether oxygens (including phenoxy) is 4. The topological polar surface area (TPSA) is 49.0 Å². The van der Waals surface area contributed by atoms with Gasteiger partial charge in [-0.25, -0.2) is 0 Å². The van der Waals surface area contributed by atoms with E-state index in [2.05, 4.69) is 19.2 Å². The highest BCUT2D eigenvalue weighted by molar-refractivity contribution is 4.77. The van der Waals surface area contributed by atoms with Gasteiger partial charge >= 0.3 is 0 Å². The SMILES string of the molecule is CO[C@H]1OCCN[C@@H]1O[C@H]1CCC(C)O[C@H]1C. The fourth-order valence-electron chi connectivity index (χ4n) is 2.39. The molecule has 100 valence electrons. The number of nitrogens with one attached hydrogen (secondary N) is 1. The molecule has 5 heteroatoms. The second kappa shape index (κ2) is 6.11. The molecule has 0 radical (unpaired) electrons. The van der Waals surface area contributed by atoms with Crippen LogP contribution in [0.3, 0.4) is 0 Å². The highest BCUT2D eigenvalue weighted by Gasteiger charge is 2.33. The lowest BCUT2D eigenvalue weighted by atomic mass is 10.0. The Morgan fingerprint density at radius 2 is 2.06 bits per heavy atom. The summed E-state index contributed by atoms with van der Waals surface area (Å²) in [6.07, 6.45) is 2.12. The van der Waals surface area contributed by atoms with E-state index in [1.54, 1.807) is 7.11 Å². The van der Waals surface area contributed by atoms with Crippen molar-refractivity contribution in [1.82, 2.24) is 5.32 Å². The summed E-state index contributed by atoms with van der Waals surface area (Å²) in [5.74, 6) is 0. The van der Waals surface area contributed by atoms with Crippen LogP contribution in [0, 0.1) is 0 Å². The van der Waals surface area contributed by atoms with E-state index in [-0.39, 0.29) is 24.7 Å². The number of hydrogen-bond acceptors (Lipinski definition) is 5. The Labute approximate surface area is 103 Å². The molecule has 17 heavy (non-hydrogen) atoms. The first kappa shape index (κ1) is 13.2. The van der Waals surface area contributed by atoms with Crippen molar-refractivity contribution in [2.24, 2.45) is 0 Å². The predicted molar refractivity (Wildman–Crippen MR) is 62.7 cm³/mol. The van der Waals surface area contributed by atoms with Crippen molar-refractivity contribution >= 4 is 0 Å². The Morgan fingerprint density at radius 3 is 2.76 bits per heavy atom. The molecule has 2 saturated heterocycles. The van der Waals surface area contributed by atoms with E-state index in [0.29, 0.717) is 12.7 Å². The molecule has 0 aliphatic carbocycles. The van der Waals surface area contributed by atoms with Gasteiger partial charge in [0, 0.05) is 13.7 Å². The summed E-state index contributed by atoms with van der Waals surface area (Å²) in [6, 6.07) is 0. The minimum absolute atomic E-state index is 0.114. The molecule has 0 aromatic rings. The first-order chi connectivity index (χ1) is 8.20. The van der Waals surface area contributed by atoms with Crippen LogP contribution < -0.4 is 5.32 Å². The maximum atomic E-state index is 6.01. The molecular weight excluding hydrogens is 222 g/mol. The zero-order valence-electron chi connectivity index (χ0n) is 10.8. The van der Waals surface area contributed by atoms with Gasteiger partial charge in [-0.05, 0) is 26.7 Å². The summed E-state index contributed by atoms with van der Waals surface area (Å²) in [5.41, 5.74) is 0. The first-order valence-corrected chi connectivity index (χ1v) is 6.39. The number of morpholine rings is 1. The monoisotopic (exact) mass is 245 g/mol. The zero-order chi connectivity index (χ0) is 12.3. The molecule has 5 nitrogen and oxygen atoms in total. The Kier molecular flexibility index (Phi) is 4.76. The molecule has 2 rings (SSSR count). The fraction of sp³-hybridized carbons (Fsp3) is 1.00. The lowest BCUT2D eigenvalue weighted by Crippen LogP contribution is -2.54. The quantitative estimate of drug-likeness (QED) is 0.800. The van der Waals surface area contributed by atoms with Crippen LogP contribution in [-0.4, -0.2) is 51.1 Å². The van der Waals surface area contributed by atoms with Crippen molar-refractivity contribution in [2.75, 3.05) is 20.3 Å². The third-order valence-corrected chi connectivity index (χ3v) is 3.36. The highest BCUT2D eigenvalue weighted by atomic mass is 16.7. The second-order valence-electron chi connectivity index (χ2n) is 4.75. The van der Waals surface area contributed by atoms with Gasteiger partial charge in [0.15, 0.2) is 12.5 Å². The molecule has 0 saturated carbocycles. The van der Waals surface area contributed by atoms with E-state index in [4.69, 9.17) is 18.9 Å². The second-order valence-corrected chi connectivity index (χ2v) is 4.75. The molecule has 0 aromatic heterocycles. The van der Waals surface area contributed by atoms with E-state index < -0.39 is 0 Å². The highest BCUT2D eigenvalue weighted by Crippen LogP contribution is 2.23. The maximum Gasteiger partial charge on any atom is 0.197 e. The molecule has 2 heterocycles. The van der Waals surface area contributed by atoms with Crippen LogP contribution in [0.5, 0.6) is 0 Å². The third-order valence-electron chi connectivity index (χ3n) is 3.36. The Bertz CT molecular complexity index is 239. The van der Waals surface area contributed by atoms with Crippen LogP contribution in [0.25, 0.3) is 0 Å². The third kappa shape index (κ3) is 3.39. The van der Waals surface area contributed by atoms with E-state index >= 15 is 0 Å². The Morgan fingerprint density at radius 1 is 1.24 bits per heavy atom. The molecule has 0 spiro atoms. The summed E-state index contributed by atoms with van der Waals surface area (Å²) in [5, 5.41) is 3.27. The van der Waals surface area contributed by atoms with E-state index in [1.807, 2.05) is 0 Å². The normalized spacial score (nSPS) is 43.6. The standard InChI is InChI=1S/C12H23NO4/c1-8-4-5-10(9(2)16-8)17-11-12(14-3)15-7-6-13-11/h8-13H,4-7H2,1-3H3/t8?,9-,10-,11+,12-/m0/s1. The van der Waals surface area contributed by atoms with Crippen molar-refractivity contribution in [3.63, 3.8) is 0 Å². The summed E-state index contributed by atoms with van der Waals surface area (Å²) >= 11 is 0. The van der Waals surface area contributed by atoms with Crippen LogP contribution in [0.4, 0.5) is 0 Å². The van der Waals surface area contributed by atoms with Crippen molar-refractivity contribution in [3.8, 4) is 0 Å². The molecule has 2 fully saturated rings. The van der Waals surface area contributed by atoms with Gasteiger partial charge in [0.1, 0.15) is 0 Å². The van der Waals surface area contributed by atoms with Crippen molar-refractivity contribution < 1.29 is 18.9 Å². The number of methoxy groups -OCH3 is 1. The first-order valence-electron chi connectivity index (χ1n) is 6.39. The van der Waals surface area contributed by atoms with E-state index in [1.165, 1.54) is 0 Å².